The van der Waals surface area contributed by atoms with Crippen molar-refractivity contribution in [1.29, 1.82) is 0 Å². The minimum atomic E-state index is -0.349. The van der Waals surface area contributed by atoms with E-state index in [4.69, 9.17) is 9.47 Å². The summed E-state index contributed by atoms with van der Waals surface area (Å²) in [6.07, 6.45) is 3.86. The van der Waals surface area contributed by atoms with E-state index in [1.807, 2.05) is 32.1 Å². The maximum atomic E-state index is 10.9. The summed E-state index contributed by atoms with van der Waals surface area (Å²) in [4.78, 5) is 10.9. The molecule has 86 valence electrons. The molecule has 0 saturated carbocycles. The van der Waals surface area contributed by atoms with Crippen molar-refractivity contribution in [2.24, 2.45) is 0 Å². The highest BCUT2D eigenvalue weighted by atomic mass is 16.6. The van der Waals surface area contributed by atoms with Crippen LogP contribution in [0.2, 0.25) is 0 Å². The number of benzene rings is 1. The van der Waals surface area contributed by atoms with Crippen molar-refractivity contribution < 1.29 is 14.3 Å². The monoisotopic (exact) mass is 220 g/mol. The van der Waals surface area contributed by atoms with Crippen molar-refractivity contribution in [3.63, 3.8) is 0 Å². The third kappa shape index (κ3) is 3.42. The summed E-state index contributed by atoms with van der Waals surface area (Å²) in [5.41, 5.74) is 0.974. The Kier molecular flexibility index (Phi) is 4.58. The third-order valence-corrected chi connectivity index (χ3v) is 1.88. The van der Waals surface area contributed by atoms with Crippen LogP contribution in [0.1, 0.15) is 26.3 Å². The topological polar surface area (TPSA) is 35.5 Å². The van der Waals surface area contributed by atoms with E-state index in [9.17, 15) is 4.79 Å². The fourth-order valence-corrected chi connectivity index (χ4v) is 1.33. The zero-order valence-electron chi connectivity index (χ0n) is 9.82. The van der Waals surface area contributed by atoms with Gasteiger partial charge in [0.05, 0.1) is 6.61 Å². The van der Waals surface area contributed by atoms with E-state index in [2.05, 4.69) is 0 Å². The Labute approximate surface area is 95.7 Å². The number of carbonyl (C=O) groups excluding carboxylic acids is 1. The Bertz CT molecular complexity index is 394. The van der Waals surface area contributed by atoms with Gasteiger partial charge in [0.15, 0.2) is 11.5 Å². The summed E-state index contributed by atoms with van der Waals surface area (Å²) < 4.78 is 10.5. The summed E-state index contributed by atoms with van der Waals surface area (Å²) in [6.45, 7) is 5.73. The fraction of sp³-hybridized carbons (Fsp3) is 0.308. The largest absolute Gasteiger partial charge is 0.490 e. The zero-order chi connectivity index (χ0) is 12.0. The molecule has 16 heavy (non-hydrogen) atoms. The van der Waals surface area contributed by atoms with E-state index in [1.54, 1.807) is 12.1 Å². The summed E-state index contributed by atoms with van der Waals surface area (Å²) in [6, 6.07) is 5.50. The first kappa shape index (κ1) is 12.3. The molecule has 3 heteroatoms. The van der Waals surface area contributed by atoms with Gasteiger partial charge in [0.1, 0.15) is 0 Å². The van der Waals surface area contributed by atoms with E-state index in [-0.39, 0.29) is 5.97 Å². The molecule has 0 N–H and O–H groups in total. The van der Waals surface area contributed by atoms with Crippen LogP contribution in [-0.4, -0.2) is 12.6 Å². The van der Waals surface area contributed by atoms with Gasteiger partial charge < -0.3 is 9.47 Å². The van der Waals surface area contributed by atoms with Crippen LogP contribution in [0.4, 0.5) is 0 Å². The molecule has 0 aliphatic heterocycles. The summed E-state index contributed by atoms with van der Waals surface area (Å²) >= 11 is 0. The maximum Gasteiger partial charge on any atom is 0.308 e. The normalized spacial score (nSPS) is 10.4. The van der Waals surface area contributed by atoms with Gasteiger partial charge in [-0.25, -0.2) is 0 Å². The number of rotatable bonds is 4. The Morgan fingerprint density at radius 2 is 2.12 bits per heavy atom. The predicted octanol–water partition coefficient (Wildman–Crippen LogP) is 3.04. The van der Waals surface area contributed by atoms with Crippen molar-refractivity contribution in [3.8, 4) is 11.5 Å². The molecule has 0 unspecified atom stereocenters. The molecule has 0 fully saturated rings. The van der Waals surface area contributed by atoms with Gasteiger partial charge in [-0.3, -0.25) is 4.79 Å². The number of carbonyl (C=O) groups is 1. The van der Waals surface area contributed by atoms with Crippen LogP contribution in [0.5, 0.6) is 11.5 Å². The zero-order valence-corrected chi connectivity index (χ0v) is 9.82. The van der Waals surface area contributed by atoms with Gasteiger partial charge in [-0.05, 0) is 31.5 Å². The first-order valence-corrected chi connectivity index (χ1v) is 5.25. The van der Waals surface area contributed by atoms with E-state index < -0.39 is 0 Å². The molecule has 0 atom stereocenters. The second kappa shape index (κ2) is 5.95. The fourth-order valence-electron chi connectivity index (χ4n) is 1.33. The molecule has 0 radical (unpaired) electrons. The SMILES string of the molecule is C/C=C/c1ccc(OCC)c(OC(C)=O)c1. The Morgan fingerprint density at radius 3 is 2.69 bits per heavy atom. The molecule has 3 nitrogen and oxygen atoms in total. The Balaban J connectivity index is 3.04. The summed E-state index contributed by atoms with van der Waals surface area (Å²) in [5.74, 6) is 0.703. The molecule has 1 aromatic carbocycles. The van der Waals surface area contributed by atoms with E-state index >= 15 is 0 Å². The van der Waals surface area contributed by atoms with Gasteiger partial charge in [-0.1, -0.05) is 18.2 Å². The van der Waals surface area contributed by atoms with Gasteiger partial charge in [0.2, 0.25) is 0 Å². The second-order valence-corrected chi connectivity index (χ2v) is 3.23. The minimum Gasteiger partial charge on any atom is -0.490 e. The Morgan fingerprint density at radius 1 is 1.38 bits per heavy atom. The molecule has 0 amide bonds. The highest BCUT2D eigenvalue weighted by molar-refractivity contribution is 5.71. The number of ether oxygens (including phenoxy) is 2. The molecular formula is C13H16O3. The van der Waals surface area contributed by atoms with Crippen LogP contribution in [0, 0.1) is 0 Å². The quantitative estimate of drug-likeness (QED) is 0.578. The predicted molar refractivity (Wildman–Crippen MR) is 63.6 cm³/mol. The van der Waals surface area contributed by atoms with E-state index in [0.717, 1.165) is 5.56 Å². The molecule has 0 bridgehead atoms. The van der Waals surface area contributed by atoms with Gasteiger partial charge >= 0.3 is 5.97 Å². The van der Waals surface area contributed by atoms with E-state index in [1.165, 1.54) is 6.92 Å². The van der Waals surface area contributed by atoms with Crippen molar-refractivity contribution in [3.05, 3.63) is 29.8 Å². The first-order valence-electron chi connectivity index (χ1n) is 5.25. The maximum absolute atomic E-state index is 10.9. The van der Waals surface area contributed by atoms with Crippen LogP contribution in [0.3, 0.4) is 0 Å². The van der Waals surface area contributed by atoms with Crippen molar-refractivity contribution in [2.45, 2.75) is 20.8 Å². The standard InChI is InChI=1S/C13H16O3/c1-4-6-11-7-8-12(15-5-2)13(9-11)16-10(3)14/h4,6-9H,5H2,1-3H3/b6-4+. The lowest BCUT2D eigenvalue weighted by Crippen LogP contribution is -2.04. The Hall–Kier alpha value is -1.77. The first-order chi connectivity index (χ1) is 7.67. The van der Waals surface area contributed by atoms with Crippen molar-refractivity contribution in [2.75, 3.05) is 6.61 Å². The molecule has 0 aliphatic carbocycles. The van der Waals surface area contributed by atoms with Crippen LogP contribution in [0.15, 0.2) is 24.3 Å². The molecule has 1 aromatic rings. The highest BCUT2D eigenvalue weighted by Crippen LogP contribution is 2.29. The van der Waals surface area contributed by atoms with Crippen LogP contribution < -0.4 is 9.47 Å². The van der Waals surface area contributed by atoms with Crippen LogP contribution in [-0.2, 0) is 4.79 Å². The molecule has 0 aromatic heterocycles. The highest BCUT2D eigenvalue weighted by Gasteiger charge is 2.07. The lowest BCUT2D eigenvalue weighted by molar-refractivity contribution is -0.132. The smallest absolute Gasteiger partial charge is 0.308 e. The average molecular weight is 220 g/mol. The minimum absolute atomic E-state index is 0.349. The number of hydrogen-bond donors (Lipinski definition) is 0. The number of allylic oxidation sites excluding steroid dienone is 1. The number of hydrogen-bond acceptors (Lipinski definition) is 3. The van der Waals surface area contributed by atoms with Gasteiger partial charge in [-0.15, -0.1) is 0 Å². The molecule has 0 spiro atoms. The van der Waals surface area contributed by atoms with Gasteiger partial charge in [0, 0.05) is 6.92 Å². The van der Waals surface area contributed by atoms with Crippen molar-refractivity contribution >= 4 is 12.0 Å². The van der Waals surface area contributed by atoms with Gasteiger partial charge in [0.25, 0.3) is 0 Å². The van der Waals surface area contributed by atoms with Crippen molar-refractivity contribution in [1.82, 2.24) is 0 Å². The molecular weight excluding hydrogens is 204 g/mol. The van der Waals surface area contributed by atoms with Gasteiger partial charge in [-0.2, -0.15) is 0 Å². The third-order valence-electron chi connectivity index (χ3n) is 1.88. The molecule has 0 saturated heterocycles. The summed E-state index contributed by atoms with van der Waals surface area (Å²) in [5, 5.41) is 0. The number of esters is 1. The second-order valence-electron chi connectivity index (χ2n) is 3.23. The molecule has 1 rings (SSSR count). The lowest BCUT2D eigenvalue weighted by atomic mass is 10.2. The van der Waals surface area contributed by atoms with Crippen LogP contribution >= 0.6 is 0 Å². The lowest BCUT2D eigenvalue weighted by Gasteiger charge is -2.10. The summed E-state index contributed by atoms with van der Waals surface area (Å²) in [7, 11) is 0. The van der Waals surface area contributed by atoms with Crippen LogP contribution in [0.25, 0.3) is 6.08 Å². The average Bonchev–Trinajstić information content (AvgIpc) is 2.22. The molecule has 0 aliphatic rings. The molecule has 0 heterocycles. The van der Waals surface area contributed by atoms with E-state index in [0.29, 0.717) is 18.1 Å².